The van der Waals surface area contributed by atoms with Crippen LogP contribution in [0, 0.1) is 0 Å². The van der Waals surface area contributed by atoms with Crippen molar-refractivity contribution >= 4 is 17.3 Å². The van der Waals surface area contributed by atoms with Gasteiger partial charge >= 0.3 is 0 Å². The maximum Gasteiger partial charge on any atom is 0.0863 e. The Balaban J connectivity index is 1.82. The molecule has 0 spiro atoms. The monoisotopic (exact) mass is 304 g/mol. The number of hydrogen-bond donors (Lipinski definition) is 1. The average molecular weight is 305 g/mol. The van der Waals surface area contributed by atoms with Gasteiger partial charge in [-0.2, -0.15) is 5.10 Å². The Labute approximate surface area is 130 Å². The van der Waals surface area contributed by atoms with Crippen LogP contribution in [0.15, 0.2) is 18.2 Å². The fourth-order valence-electron chi connectivity index (χ4n) is 3.00. The molecule has 3 rings (SSSR count). The van der Waals surface area contributed by atoms with Crippen molar-refractivity contribution in [1.82, 2.24) is 14.7 Å². The van der Waals surface area contributed by atoms with Crippen LogP contribution in [0.25, 0.3) is 0 Å². The molecule has 2 heterocycles. The molecule has 4 nitrogen and oxygen atoms in total. The molecule has 0 atom stereocenters. The van der Waals surface area contributed by atoms with Gasteiger partial charge in [0.15, 0.2) is 0 Å². The normalized spacial score (nSPS) is 15.2. The van der Waals surface area contributed by atoms with E-state index in [-0.39, 0.29) is 0 Å². The molecule has 0 saturated heterocycles. The van der Waals surface area contributed by atoms with E-state index in [2.05, 4.69) is 23.0 Å². The van der Waals surface area contributed by atoms with Crippen LogP contribution >= 0.6 is 11.6 Å². The number of fused-ring (bicyclic) bond motifs is 1. The van der Waals surface area contributed by atoms with Crippen LogP contribution in [-0.4, -0.2) is 21.2 Å². The van der Waals surface area contributed by atoms with Gasteiger partial charge < -0.3 is 5.73 Å². The van der Waals surface area contributed by atoms with Crippen LogP contribution in [0.5, 0.6) is 0 Å². The van der Waals surface area contributed by atoms with Crippen molar-refractivity contribution in [2.75, 3.05) is 12.3 Å². The third-order valence-electron chi connectivity index (χ3n) is 4.26. The number of aryl methyl sites for hydroxylation is 2. The minimum absolute atomic E-state index is 0.812. The number of halogens is 1. The van der Waals surface area contributed by atoms with E-state index in [1.807, 2.05) is 23.9 Å². The molecule has 0 bridgehead atoms. The lowest BCUT2D eigenvalue weighted by molar-refractivity contribution is 0.240. The Kier molecular flexibility index (Phi) is 3.91. The van der Waals surface area contributed by atoms with E-state index in [1.165, 1.54) is 11.1 Å². The van der Waals surface area contributed by atoms with Crippen molar-refractivity contribution in [2.24, 2.45) is 7.05 Å². The highest BCUT2D eigenvalue weighted by Crippen LogP contribution is 2.27. The molecule has 0 unspecified atom stereocenters. The van der Waals surface area contributed by atoms with Crippen LogP contribution < -0.4 is 5.73 Å². The van der Waals surface area contributed by atoms with Crippen LogP contribution in [-0.2, 0) is 33.0 Å². The molecule has 0 aliphatic carbocycles. The fourth-order valence-corrected chi connectivity index (χ4v) is 3.35. The van der Waals surface area contributed by atoms with Crippen molar-refractivity contribution in [3.05, 3.63) is 45.7 Å². The number of anilines is 1. The van der Waals surface area contributed by atoms with Gasteiger partial charge in [-0.15, -0.1) is 0 Å². The summed E-state index contributed by atoms with van der Waals surface area (Å²) in [6, 6.07) is 6.19. The van der Waals surface area contributed by atoms with Crippen LogP contribution in [0.3, 0.4) is 0 Å². The van der Waals surface area contributed by atoms with Gasteiger partial charge in [0, 0.05) is 32.4 Å². The molecular formula is C16H21ClN4. The van der Waals surface area contributed by atoms with E-state index in [0.717, 1.165) is 54.6 Å². The second-order valence-corrected chi connectivity index (χ2v) is 6.01. The van der Waals surface area contributed by atoms with Gasteiger partial charge in [0.1, 0.15) is 0 Å². The lowest BCUT2D eigenvalue weighted by Gasteiger charge is -2.29. The zero-order chi connectivity index (χ0) is 15.0. The first-order valence-electron chi connectivity index (χ1n) is 7.39. The number of benzene rings is 1. The first-order valence-corrected chi connectivity index (χ1v) is 7.76. The summed E-state index contributed by atoms with van der Waals surface area (Å²) in [5.41, 5.74) is 11.7. The highest BCUT2D eigenvalue weighted by Gasteiger charge is 2.21. The SMILES string of the molecule is CCc1nn(C)c(CN2CCc3cccc(N)c3C2)c1Cl. The lowest BCUT2D eigenvalue weighted by atomic mass is 9.98. The largest absolute Gasteiger partial charge is 0.398 e. The smallest absolute Gasteiger partial charge is 0.0863 e. The predicted molar refractivity (Wildman–Crippen MR) is 86.3 cm³/mol. The molecule has 0 radical (unpaired) electrons. The van der Waals surface area contributed by atoms with Crippen LogP contribution in [0.2, 0.25) is 5.02 Å². The van der Waals surface area contributed by atoms with Crippen LogP contribution in [0.1, 0.15) is 29.4 Å². The number of rotatable bonds is 3. The Morgan fingerprint density at radius 3 is 2.90 bits per heavy atom. The molecular weight excluding hydrogens is 284 g/mol. The quantitative estimate of drug-likeness (QED) is 0.887. The Morgan fingerprint density at radius 1 is 1.38 bits per heavy atom. The first-order chi connectivity index (χ1) is 10.1. The predicted octanol–water partition coefficient (Wildman–Crippen LogP) is 2.78. The van der Waals surface area contributed by atoms with E-state index in [0.29, 0.717) is 0 Å². The van der Waals surface area contributed by atoms with Gasteiger partial charge in [-0.1, -0.05) is 30.7 Å². The molecule has 1 aromatic heterocycles. The summed E-state index contributed by atoms with van der Waals surface area (Å²) in [5.74, 6) is 0. The summed E-state index contributed by atoms with van der Waals surface area (Å²) in [6.07, 6.45) is 1.90. The van der Waals surface area contributed by atoms with Gasteiger partial charge in [-0.3, -0.25) is 9.58 Å². The van der Waals surface area contributed by atoms with Crippen molar-refractivity contribution in [3.63, 3.8) is 0 Å². The standard InChI is InChI=1S/C16H21ClN4/c1-3-14-16(17)15(20(2)19-14)10-21-8-7-11-5-4-6-13(18)12(11)9-21/h4-6H,3,7-10,18H2,1-2H3. The maximum atomic E-state index is 6.45. The Hall–Kier alpha value is -1.52. The molecule has 5 heteroatoms. The van der Waals surface area contributed by atoms with Crippen molar-refractivity contribution in [3.8, 4) is 0 Å². The number of hydrogen-bond acceptors (Lipinski definition) is 3. The minimum atomic E-state index is 0.812. The second-order valence-electron chi connectivity index (χ2n) is 5.63. The molecule has 0 saturated carbocycles. The second kappa shape index (κ2) is 5.70. The van der Waals surface area contributed by atoms with Crippen molar-refractivity contribution < 1.29 is 0 Å². The molecule has 0 fully saturated rings. The highest BCUT2D eigenvalue weighted by molar-refractivity contribution is 6.31. The molecule has 112 valence electrons. The van der Waals surface area contributed by atoms with Crippen LogP contribution in [0.4, 0.5) is 5.69 Å². The first kappa shape index (κ1) is 14.4. The van der Waals surface area contributed by atoms with E-state index in [9.17, 15) is 0 Å². The summed E-state index contributed by atoms with van der Waals surface area (Å²) in [6.45, 7) is 4.80. The summed E-state index contributed by atoms with van der Waals surface area (Å²) < 4.78 is 1.91. The van der Waals surface area contributed by atoms with Gasteiger partial charge in [-0.05, 0) is 30.0 Å². The topological polar surface area (TPSA) is 47.1 Å². The van der Waals surface area contributed by atoms with Crippen molar-refractivity contribution in [2.45, 2.75) is 32.9 Å². The molecule has 0 amide bonds. The zero-order valence-corrected chi connectivity index (χ0v) is 13.3. The lowest BCUT2D eigenvalue weighted by Crippen LogP contribution is -2.31. The summed E-state index contributed by atoms with van der Waals surface area (Å²) in [5, 5.41) is 5.30. The molecule has 1 aliphatic rings. The van der Waals surface area contributed by atoms with E-state index in [1.54, 1.807) is 0 Å². The molecule has 2 N–H and O–H groups in total. The van der Waals surface area contributed by atoms with E-state index >= 15 is 0 Å². The van der Waals surface area contributed by atoms with Gasteiger partial charge in [0.25, 0.3) is 0 Å². The number of nitrogens with zero attached hydrogens (tertiary/aromatic N) is 3. The minimum Gasteiger partial charge on any atom is -0.398 e. The molecule has 2 aromatic rings. The third-order valence-corrected chi connectivity index (χ3v) is 4.70. The third kappa shape index (κ3) is 2.65. The summed E-state index contributed by atoms with van der Waals surface area (Å²) >= 11 is 6.45. The van der Waals surface area contributed by atoms with Gasteiger partial charge in [0.2, 0.25) is 0 Å². The highest BCUT2D eigenvalue weighted by atomic mass is 35.5. The summed E-state index contributed by atoms with van der Waals surface area (Å²) in [4.78, 5) is 2.39. The number of nitrogens with two attached hydrogens (primary N) is 1. The Bertz CT molecular complexity index is 663. The molecule has 1 aliphatic heterocycles. The molecule has 21 heavy (non-hydrogen) atoms. The van der Waals surface area contributed by atoms with E-state index in [4.69, 9.17) is 17.3 Å². The fraction of sp³-hybridized carbons (Fsp3) is 0.438. The zero-order valence-electron chi connectivity index (χ0n) is 12.6. The number of aromatic nitrogens is 2. The Morgan fingerprint density at radius 2 is 2.19 bits per heavy atom. The molecule has 1 aromatic carbocycles. The van der Waals surface area contributed by atoms with Gasteiger partial charge in [0.05, 0.1) is 16.4 Å². The number of nitrogen functional groups attached to an aromatic ring is 1. The summed E-state index contributed by atoms with van der Waals surface area (Å²) in [7, 11) is 1.96. The van der Waals surface area contributed by atoms with Crippen molar-refractivity contribution in [1.29, 1.82) is 0 Å². The van der Waals surface area contributed by atoms with E-state index < -0.39 is 0 Å². The maximum absolute atomic E-state index is 6.45. The average Bonchev–Trinajstić information content (AvgIpc) is 2.75. The van der Waals surface area contributed by atoms with Gasteiger partial charge in [-0.25, -0.2) is 0 Å².